The number of halogens is 2. The van der Waals surface area contributed by atoms with E-state index in [1.165, 1.54) is 12.3 Å². The molecule has 0 aliphatic rings. The number of aliphatic hydroxyl groups is 2. The van der Waals surface area contributed by atoms with Gasteiger partial charge in [-0.3, -0.25) is 0 Å². The van der Waals surface area contributed by atoms with Crippen LogP contribution in [-0.2, 0) is 0 Å². The van der Waals surface area contributed by atoms with Crippen LogP contribution < -0.4 is 0 Å². The monoisotopic (exact) mass is 216 g/mol. The van der Waals surface area contributed by atoms with Gasteiger partial charge in [0.1, 0.15) is 0 Å². The van der Waals surface area contributed by atoms with E-state index in [1.807, 2.05) is 0 Å². The van der Waals surface area contributed by atoms with E-state index in [-0.39, 0.29) is 16.2 Å². The Morgan fingerprint density at radius 1 is 1.50 bits per heavy atom. The highest BCUT2D eigenvalue weighted by molar-refractivity contribution is 6.30. The Kier molecular flexibility index (Phi) is 2.14. The number of nitrogens with one attached hydrogen (secondary N) is 1. The number of rotatable bonds is 1. The number of nitrogens with zero attached hydrogens (tertiary/aromatic N) is 1. The first-order valence-corrected chi connectivity index (χ1v) is 4.16. The molecule has 0 radical (unpaired) electrons. The van der Waals surface area contributed by atoms with E-state index < -0.39 is 12.1 Å². The maximum Gasteiger partial charge on any atom is 0.193 e. The molecule has 0 amide bonds. The summed E-state index contributed by atoms with van der Waals surface area (Å²) in [5.41, 5.74) is 0.470. The van der Waals surface area contributed by atoms with Crippen LogP contribution in [0.4, 0.5) is 4.39 Å². The number of pyridine rings is 1. The van der Waals surface area contributed by atoms with E-state index in [4.69, 9.17) is 21.8 Å². The third kappa shape index (κ3) is 1.35. The second kappa shape index (κ2) is 3.20. The molecule has 0 fully saturated rings. The van der Waals surface area contributed by atoms with E-state index in [0.29, 0.717) is 5.52 Å². The van der Waals surface area contributed by atoms with Gasteiger partial charge in [0, 0.05) is 5.39 Å². The minimum atomic E-state index is -1.67. The van der Waals surface area contributed by atoms with Crippen molar-refractivity contribution < 1.29 is 14.6 Å². The summed E-state index contributed by atoms with van der Waals surface area (Å²) in [5, 5.41) is 17.6. The number of aromatic nitrogens is 2. The van der Waals surface area contributed by atoms with Crippen LogP contribution in [-0.4, -0.2) is 20.2 Å². The molecule has 0 saturated heterocycles. The van der Waals surface area contributed by atoms with Crippen LogP contribution in [0.2, 0.25) is 5.15 Å². The van der Waals surface area contributed by atoms with Gasteiger partial charge in [0.05, 0.1) is 17.4 Å². The van der Waals surface area contributed by atoms with Crippen molar-refractivity contribution in [2.45, 2.75) is 6.29 Å². The molecule has 0 unspecified atom stereocenters. The maximum atomic E-state index is 13.3. The highest BCUT2D eigenvalue weighted by Crippen LogP contribution is 2.24. The highest BCUT2D eigenvalue weighted by atomic mass is 35.5. The molecule has 4 nitrogen and oxygen atoms in total. The van der Waals surface area contributed by atoms with Gasteiger partial charge in [-0.25, -0.2) is 9.37 Å². The fourth-order valence-electron chi connectivity index (χ4n) is 1.20. The van der Waals surface area contributed by atoms with Crippen molar-refractivity contribution in [2.24, 2.45) is 0 Å². The molecule has 0 aromatic carbocycles. The van der Waals surface area contributed by atoms with Crippen LogP contribution in [0.25, 0.3) is 10.9 Å². The lowest BCUT2D eigenvalue weighted by atomic mass is 10.3. The average Bonchev–Trinajstić information content (AvgIpc) is 2.56. The van der Waals surface area contributed by atoms with Crippen molar-refractivity contribution in [1.82, 2.24) is 9.97 Å². The van der Waals surface area contributed by atoms with Crippen LogP contribution in [0.5, 0.6) is 0 Å². The number of aromatic amines is 1. The number of H-pyrrole nitrogens is 1. The number of hydrogen-bond donors (Lipinski definition) is 3. The molecular formula is C8H6ClFN2O2. The quantitative estimate of drug-likeness (QED) is 0.498. The van der Waals surface area contributed by atoms with Crippen LogP contribution in [0.3, 0.4) is 0 Å². The number of fused-ring (bicyclic) bond motifs is 1. The summed E-state index contributed by atoms with van der Waals surface area (Å²) in [6.07, 6.45) is -0.340. The normalized spacial score (nSPS) is 11.5. The first kappa shape index (κ1) is 9.39. The van der Waals surface area contributed by atoms with E-state index in [0.717, 1.165) is 0 Å². The SMILES string of the molecule is OC(O)c1cc2c(F)c(Cl)ncc2[nH]1. The Morgan fingerprint density at radius 3 is 2.86 bits per heavy atom. The largest absolute Gasteiger partial charge is 0.363 e. The highest BCUT2D eigenvalue weighted by Gasteiger charge is 2.12. The van der Waals surface area contributed by atoms with E-state index >= 15 is 0 Å². The summed E-state index contributed by atoms with van der Waals surface area (Å²) >= 11 is 5.45. The van der Waals surface area contributed by atoms with Crippen molar-refractivity contribution in [3.63, 3.8) is 0 Å². The van der Waals surface area contributed by atoms with Gasteiger partial charge in [-0.2, -0.15) is 0 Å². The van der Waals surface area contributed by atoms with Crippen molar-refractivity contribution in [3.8, 4) is 0 Å². The second-order valence-electron chi connectivity index (χ2n) is 2.79. The molecule has 2 aromatic heterocycles. The molecule has 2 rings (SSSR count). The predicted octanol–water partition coefficient (Wildman–Crippen LogP) is 1.34. The second-order valence-corrected chi connectivity index (χ2v) is 3.15. The molecule has 0 spiro atoms. The van der Waals surface area contributed by atoms with Gasteiger partial charge in [-0.15, -0.1) is 0 Å². The molecule has 0 bridgehead atoms. The van der Waals surface area contributed by atoms with Crippen molar-refractivity contribution in [1.29, 1.82) is 0 Å². The summed E-state index contributed by atoms with van der Waals surface area (Å²) in [5.74, 6) is -0.674. The van der Waals surface area contributed by atoms with Crippen LogP contribution >= 0.6 is 11.6 Å². The van der Waals surface area contributed by atoms with Gasteiger partial charge >= 0.3 is 0 Å². The third-order valence-corrected chi connectivity index (χ3v) is 2.14. The molecule has 0 aliphatic carbocycles. The molecule has 74 valence electrons. The van der Waals surface area contributed by atoms with Gasteiger partial charge < -0.3 is 15.2 Å². The third-order valence-electron chi connectivity index (χ3n) is 1.87. The molecule has 0 atom stereocenters. The summed E-state index contributed by atoms with van der Waals surface area (Å²) in [6.45, 7) is 0. The molecular weight excluding hydrogens is 211 g/mol. The summed E-state index contributed by atoms with van der Waals surface area (Å²) < 4.78 is 13.3. The van der Waals surface area contributed by atoms with Crippen LogP contribution in [0.1, 0.15) is 12.0 Å². The molecule has 14 heavy (non-hydrogen) atoms. The fraction of sp³-hybridized carbons (Fsp3) is 0.125. The maximum absolute atomic E-state index is 13.3. The zero-order valence-electron chi connectivity index (χ0n) is 6.83. The van der Waals surface area contributed by atoms with Crippen LogP contribution in [0.15, 0.2) is 12.3 Å². The number of hydrogen-bond acceptors (Lipinski definition) is 3. The van der Waals surface area contributed by atoms with Gasteiger partial charge in [0.25, 0.3) is 0 Å². The minimum absolute atomic E-state index is 0.1000. The summed E-state index contributed by atoms with van der Waals surface area (Å²) in [6, 6.07) is 1.28. The van der Waals surface area contributed by atoms with Gasteiger partial charge in [-0.05, 0) is 6.07 Å². The first-order chi connectivity index (χ1) is 6.59. The Balaban J connectivity index is 2.71. The van der Waals surface area contributed by atoms with Gasteiger partial charge in [0.2, 0.25) is 0 Å². The van der Waals surface area contributed by atoms with E-state index in [9.17, 15) is 4.39 Å². The lowest BCUT2D eigenvalue weighted by Crippen LogP contribution is -1.93. The molecule has 3 N–H and O–H groups in total. The lowest BCUT2D eigenvalue weighted by molar-refractivity contribution is -0.0453. The molecule has 0 aliphatic heterocycles. The fourth-order valence-corrected chi connectivity index (χ4v) is 1.35. The van der Waals surface area contributed by atoms with Crippen molar-refractivity contribution in [3.05, 3.63) is 28.9 Å². The number of aliphatic hydroxyl groups excluding tert-OH is 1. The topological polar surface area (TPSA) is 69.1 Å². The summed E-state index contributed by atoms with van der Waals surface area (Å²) in [4.78, 5) is 6.18. The lowest BCUT2D eigenvalue weighted by Gasteiger charge is -1.96. The zero-order chi connectivity index (χ0) is 10.3. The molecule has 2 aromatic rings. The first-order valence-electron chi connectivity index (χ1n) is 3.78. The van der Waals surface area contributed by atoms with Crippen molar-refractivity contribution in [2.75, 3.05) is 0 Å². The van der Waals surface area contributed by atoms with Gasteiger partial charge in [0.15, 0.2) is 17.3 Å². The molecule has 2 heterocycles. The zero-order valence-corrected chi connectivity index (χ0v) is 7.59. The minimum Gasteiger partial charge on any atom is -0.363 e. The van der Waals surface area contributed by atoms with Gasteiger partial charge in [-0.1, -0.05) is 11.6 Å². The molecule has 0 saturated carbocycles. The molecule has 6 heteroatoms. The Labute approximate surface area is 83.0 Å². The Morgan fingerprint density at radius 2 is 2.21 bits per heavy atom. The average molecular weight is 217 g/mol. The Bertz CT molecular complexity index is 483. The predicted molar refractivity (Wildman–Crippen MR) is 48.2 cm³/mol. The van der Waals surface area contributed by atoms with E-state index in [2.05, 4.69) is 9.97 Å². The Hall–Kier alpha value is -1.17. The van der Waals surface area contributed by atoms with Crippen LogP contribution in [0, 0.1) is 5.82 Å². The van der Waals surface area contributed by atoms with Crippen molar-refractivity contribution >= 4 is 22.5 Å². The van der Waals surface area contributed by atoms with E-state index in [1.54, 1.807) is 0 Å². The summed E-state index contributed by atoms with van der Waals surface area (Å²) in [7, 11) is 0. The standard InChI is InChI=1S/C8H6ClFN2O2/c9-7-6(10)3-1-4(8(13)14)12-5(3)2-11-7/h1-2,8,12-14H. The smallest absolute Gasteiger partial charge is 0.193 e.